The van der Waals surface area contributed by atoms with E-state index < -0.39 is 0 Å². The van der Waals surface area contributed by atoms with E-state index >= 15 is 0 Å². The number of esters is 1. The van der Waals surface area contributed by atoms with Gasteiger partial charge in [0.05, 0.1) is 7.11 Å². The van der Waals surface area contributed by atoms with Gasteiger partial charge in [-0.25, -0.2) is 0 Å². The predicted molar refractivity (Wildman–Crippen MR) is 97.1 cm³/mol. The van der Waals surface area contributed by atoms with Gasteiger partial charge in [-0.2, -0.15) is 0 Å². The minimum absolute atomic E-state index is 0.104. The van der Waals surface area contributed by atoms with Gasteiger partial charge in [-0.3, -0.25) is 9.59 Å². The zero-order valence-electron chi connectivity index (χ0n) is 13.9. The first-order valence-corrected chi connectivity index (χ1v) is 9.04. The van der Waals surface area contributed by atoms with Crippen LogP contribution in [0.15, 0.2) is 54.6 Å². The molecule has 0 saturated carbocycles. The summed E-state index contributed by atoms with van der Waals surface area (Å²) in [4.78, 5) is 26.2. The highest BCUT2D eigenvalue weighted by Crippen LogP contribution is 2.25. The second-order valence-electron chi connectivity index (χ2n) is 5.58. The van der Waals surface area contributed by atoms with Crippen molar-refractivity contribution in [1.29, 1.82) is 0 Å². The highest BCUT2D eigenvalue weighted by Gasteiger charge is 2.30. The Kier molecular flexibility index (Phi) is 5.60. The molecule has 5 nitrogen and oxygen atoms in total. The van der Waals surface area contributed by atoms with E-state index in [9.17, 15) is 9.59 Å². The predicted octanol–water partition coefficient (Wildman–Crippen LogP) is 3.21. The lowest BCUT2D eigenvalue weighted by Gasteiger charge is -2.31. The van der Waals surface area contributed by atoms with Crippen LogP contribution in [0.1, 0.15) is 10.4 Å². The third-order valence-corrected chi connectivity index (χ3v) is 5.04. The van der Waals surface area contributed by atoms with Gasteiger partial charge in [-0.05, 0) is 30.3 Å². The summed E-state index contributed by atoms with van der Waals surface area (Å²) in [5.74, 6) is 1.64. The molecule has 1 aliphatic rings. The van der Waals surface area contributed by atoms with E-state index in [4.69, 9.17) is 9.47 Å². The van der Waals surface area contributed by atoms with Gasteiger partial charge in [0.15, 0.2) is 0 Å². The van der Waals surface area contributed by atoms with Gasteiger partial charge in [-0.1, -0.05) is 24.3 Å². The summed E-state index contributed by atoms with van der Waals surface area (Å²) in [5.41, 5.74) is 0.545. The monoisotopic (exact) mass is 357 g/mol. The van der Waals surface area contributed by atoms with E-state index in [2.05, 4.69) is 0 Å². The Labute approximate surface area is 150 Å². The van der Waals surface area contributed by atoms with Gasteiger partial charge >= 0.3 is 5.97 Å². The maximum atomic E-state index is 12.8. The molecule has 1 saturated heterocycles. The normalized spacial score (nSPS) is 17.0. The molecule has 1 fully saturated rings. The average molecular weight is 357 g/mol. The summed E-state index contributed by atoms with van der Waals surface area (Å²) < 4.78 is 10.6. The van der Waals surface area contributed by atoms with E-state index in [1.807, 2.05) is 36.4 Å². The topological polar surface area (TPSA) is 55.8 Å². The van der Waals surface area contributed by atoms with Crippen LogP contribution in [0.25, 0.3) is 0 Å². The van der Waals surface area contributed by atoms with Crippen LogP contribution >= 0.6 is 11.8 Å². The summed E-state index contributed by atoms with van der Waals surface area (Å²) >= 11 is 1.52. The van der Waals surface area contributed by atoms with Crippen LogP contribution in [0.5, 0.6) is 11.5 Å². The zero-order chi connectivity index (χ0) is 17.6. The fraction of sp³-hybridized carbons (Fsp3) is 0.263. The molecule has 2 aromatic carbocycles. The van der Waals surface area contributed by atoms with Crippen molar-refractivity contribution in [3.63, 3.8) is 0 Å². The number of rotatable bonds is 4. The third kappa shape index (κ3) is 4.33. The van der Waals surface area contributed by atoms with Crippen LogP contribution in [0, 0.1) is 0 Å². The molecule has 3 rings (SSSR count). The molecular formula is C19H19NO4S. The van der Waals surface area contributed by atoms with E-state index in [1.165, 1.54) is 18.9 Å². The van der Waals surface area contributed by atoms with Crippen LogP contribution in [-0.4, -0.2) is 48.0 Å². The molecule has 6 heteroatoms. The maximum absolute atomic E-state index is 12.8. The number of amides is 1. The Morgan fingerprint density at radius 3 is 2.60 bits per heavy atom. The van der Waals surface area contributed by atoms with Crippen LogP contribution in [0.2, 0.25) is 0 Å². The first kappa shape index (κ1) is 17.4. The molecule has 1 amide bonds. The molecular weight excluding hydrogens is 338 g/mol. The van der Waals surface area contributed by atoms with Crippen LogP contribution in [-0.2, 0) is 9.53 Å². The summed E-state index contributed by atoms with van der Waals surface area (Å²) in [5, 5.41) is -0.327. The molecule has 0 spiro atoms. The Balaban J connectivity index is 1.72. The zero-order valence-corrected chi connectivity index (χ0v) is 14.7. The SMILES string of the molecule is COC(=O)[C@H]1CN(C(=O)c2cccc(Oc3ccccc3)c2)CCS1. The number of hydrogen-bond acceptors (Lipinski definition) is 5. The molecule has 0 aromatic heterocycles. The van der Waals surface area contributed by atoms with Gasteiger partial charge in [0.25, 0.3) is 5.91 Å². The fourth-order valence-corrected chi connectivity index (χ4v) is 3.74. The molecule has 0 unspecified atom stereocenters. The average Bonchev–Trinajstić information content (AvgIpc) is 2.68. The molecule has 0 bridgehead atoms. The van der Waals surface area contributed by atoms with Crippen molar-refractivity contribution in [2.45, 2.75) is 5.25 Å². The fourth-order valence-electron chi connectivity index (χ4n) is 2.61. The Bertz CT molecular complexity index is 750. The molecule has 1 heterocycles. The number of carbonyl (C=O) groups is 2. The maximum Gasteiger partial charge on any atom is 0.320 e. The molecule has 1 aliphatic heterocycles. The quantitative estimate of drug-likeness (QED) is 0.787. The van der Waals surface area contributed by atoms with Gasteiger partial charge in [-0.15, -0.1) is 11.8 Å². The van der Waals surface area contributed by atoms with E-state index in [1.54, 1.807) is 23.1 Å². The highest BCUT2D eigenvalue weighted by atomic mass is 32.2. The first-order chi connectivity index (χ1) is 12.2. The number of ether oxygens (including phenoxy) is 2. The van der Waals surface area contributed by atoms with Crippen molar-refractivity contribution in [1.82, 2.24) is 4.90 Å². The standard InChI is InChI=1S/C19H19NO4S/c1-23-19(22)17-13-20(10-11-25-17)18(21)14-6-5-9-16(12-14)24-15-7-3-2-4-8-15/h2-9,12,17H,10-11,13H2,1H3/t17-/m1/s1. The second kappa shape index (κ2) is 8.07. The molecule has 2 aromatic rings. The largest absolute Gasteiger partial charge is 0.468 e. The Hall–Kier alpha value is -2.47. The minimum atomic E-state index is -0.327. The summed E-state index contributed by atoms with van der Waals surface area (Å²) in [6, 6.07) is 16.5. The minimum Gasteiger partial charge on any atom is -0.468 e. The van der Waals surface area contributed by atoms with E-state index in [-0.39, 0.29) is 17.1 Å². The van der Waals surface area contributed by atoms with Crippen molar-refractivity contribution in [3.05, 3.63) is 60.2 Å². The number of para-hydroxylation sites is 1. The summed E-state index contributed by atoms with van der Waals surface area (Å²) in [6.07, 6.45) is 0. The first-order valence-electron chi connectivity index (χ1n) is 7.99. The summed E-state index contributed by atoms with van der Waals surface area (Å²) in [6.45, 7) is 0.973. The van der Waals surface area contributed by atoms with Crippen molar-refractivity contribution < 1.29 is 19.1 Å². The van der Waals surface area contributed by atoms with Crippen LogP contribution in [0.4, 0.5) is 0 Å². The number of hydrogen-bond donors (Lipinski definition) is 0. The van der Waals surface area contributed by atoms with Gasteiger partial charge in [0.2, 0.25) is 0 Å². The van der Waals surface area contributed by atoms with Crippen molar-refractivity contribution in [3.8, 4) is 11.5 Å². The second-order valence-corrected chi connectivity index (χ2v) is 6.89. The summed E-state index contributed by atoms with van der Waals surface area (Å²) in [7, 11) is 1.37. The highest BCUT2D eigenvalue weighted by molar-refractivity contribution is 8.00. The van der Waals surface area contributed by atoms with Gasteiger partial charge in [0, 0.05) is 24.4 Å². The molecule has 1 atom stereocenters. The lowest BCUT2D eigenvalue weighted by molar-refractivity contribution is -0.140. The number of carbonyl (C=O) groups excluding carboxylic acids is 2. The molecule has 0 aliphatic carbocycles. The number of thioether (sulfide) groups is 1. The van der Waals surface area contributed by atoms with E-state index in [0.717, 1.165) is 0 Å². The lowest BCUT2D eigenvalue weighted by atomic mass is 10.1. The number of benzene rings is 2. The number of methoxy groups -OCH3 is 1. The Morgan fingerprint density at radius 2 is 1.84 bits per heavy atom. The lowest BCUT2D eigenvalue weighted by Crippen LogP contribution is -2.44. The smallest absolute Gasteiger partial charge is 0.320 e. The van der Waals surface area contributed by atoms with Crippen molar-refractivity contribution in [2.24, 2.45) is 0 Å². The van der Waals surface area contributed by atoms with Crippen LogP contribution in [0.3, 0.4) is 0 Å². The van der Waals surface area contributed by atoms with Crippen molar-refractivity contribution >= 4 is 23.6 Å². The molecule has 130 valence electrons. The third-order valence-electron chi connectivity index (χ3n) is 3.88. The Morgan fingerprint density at radius 1 is 1.08 bits per heavy atom. The van der Waals surface area contributed by atoms with E-state index in [0.29, 0.717) is 35.9 Å². The molecule has 25 heavy (non-hydrogen) atoms. The van der Waals surface area contributed by atoms with Crippen LogP contribution < -0.4 is 4.74 Å². The number of nitrogens with zero attached hydrogens (tertiary/aromatic N) is 1. The van der Waals surface area contributed by atoms with Crippen molar-refractivity contribution in [2.75, 3.05) is 26.0 Å². The van der Waals surface area contributed by atoms with Gasteiger partial charge < -0.3 is 14.4 Å². The van der Waals surface area contributed by atoms with Gasteiger partial charge in [0.1, 0.15) is 16.7 Å². The molecule has 0 N–H and O–H groups in total. The molecule has 0 radical (unpaired) electrons.